The van der Waals surface area contributed by atoms with E-state index in [-0.39, 0.29) is 5.91 Å². The van der Waals surface area contributed by atoms with Gasteiger partial charge in [-0.2, -0.15) is 0 Å². The summed E-state index contributed by atoms with van der Waals surface area (Å²) in [5, 5.41) is 2.89. The number of carbonyl (C=O) groups is 1. The number of carbonyl (C=O) groups excluding carboxylic acids is 1. The molecule has 0 atom stereocenters. The quantitative estimate of drug-likeness (QED) is 0.830. The molecule has 0 bridgehead atoms. The maximum absolute atomic E-state index is 11.9. The molecule has 3 N–H and O–H groups in total. The third-order valence-electron chi connectivity index (χ3n) is 2.79. The van der Waals surface area contributed by atoms with Crippen molar-refractivity contribution in [2.24, 2.45) is 0 Å². The fourth-order valence-electron chi connectivity index (χ4n) is 1.73. The molecule has 0 saturated heterocycles. The maximum Gasteiger partial charge on any atom is 0.234 e. The molecule has 0 unspecified atom stereocenters. The molecule has 2 aromatic rings. The van der Waals surface area contributed by atoms with Crippen LogP contribution in [0.4, 0.5) is 11.4 Å². The van der Waals surface area contributed by atoms with Gasteiger partial charge in [0, 0.05) is 16.8 Å². The lowest BCUT2D eigenvalue weighted by Crippen LogP contribution is -2.14. The molecule has 0 aliphatic heterocycles. The van der Waals surface area contributed by atoms with Crippen LogP contribution in [-0.4, -0.2) is 16.6 Å². The third kappa shape index (κ3) is 3.99. The number of benzene rings is 1. The van der Waals surface area contributed by atoms with E-state index in [2.05, 4.69) is 17.2 Å². The number of rotatable bonds is 5. The molecule has 0 radical (unpaired) electrons. The minimum absolute atomic E-state index is 0.0422. The summed E-state index contributed by atoms with van der Waals surface area (Å²) in [6.07, 6.45) is 4.21. The zero-order chi connectivity index (χ0) is 14.4. The lowest BCUT2D eigenvalue weighted by atomic mass is 10.1. The van der Waals surface area contributed by atoms with Crippen LogP contribution in [0.5, 0.6) is 0 Å². The molecule has 5 heteroatoms. The lowest BCUT2D eigenvalue weighted by Gasteiger charge is -2.07. The second-order valence-electron chi connectivity index (χ2n) is 4.30. The smallest absolute Gasteiger partial charge is 0.234 e. The van der Waals surface area contributed by atoms with Crippen molar-refractivity contribution in [3.63, 3.8) is 0 Å². The highest BCUT2D eigenvalue weighted by Gasteiger charge is 2.06. The van der Waals surface area contributed by atoms with Gasteiger partial charge in [0.2, 0.25) is 5.91 Å². The van der Waals surface area contributed by atoms with Crippen LogP contribution in [0.3, 0.4) is 0 Å². The fraction of sp³-hybridized carbons (Fsp3) is 0.200. The number of aryl methyl sites for hydroxylation is 1. The second kappa shape index (κ2) is 6.96. The summed E-state index contributed by atoms with van der Waals surface area (Å²) in [6.45, 7) is 2.09. The van der Waals surface area contributed by atoms with Gasteiger partial charge in [-0.3, -0.25) is 9.78 Å². The molecule has 4 nitrogen and oxygen atoms in total. The Morgan fingerprint density at radius 2 is 2.25 bits per heavy atom. The fourth-order valence-corrected chi connectivity index (χ4v) is 2.47. The monoisotopic (exact) mass is 287 g/mol. The third-order valence-corrected chi connectivity index (χ3v) is 3.88. The summed E-state index contributed by atoms with van der Waals surface area (Å²) in [5.74, 6) is 0.282. The van der Waals surface area contributed by atoms with Gasteiger partial charge >= 0.3 is 0 Å². The number of anilines is 2. The van der Waals surface area contributed by atoms with E-state index in [0.717, 1.165) is 17.0 Å². The minimum atomic E-state index is -0.0422. The minimum Gasteiger partial charge on any atom is -0.397 e. The van der Waals surface area contributed by atoms with Crippen molar-refractivity contribution in [2.75, 3.05) is 16.8 Å². The summed E-state index contributed by atoms with van der Waals surface area (Å²) in [4.78, 5) is 16.7. The zero-order valence-corrected chi connectivity index (χ0v) is 12.1. The Bertz CT molecular complexity index is 601. The molecule has 104 valence electrons. The molecule has 0 spiro atoms. The van der Waals surface area contributed by atoms with Crippen molar-refractivity contribution in [3.8, 4) is 0 Å². The number of pyridine rings is 1. The molecule has 20 heavy (non-hydrogen) atoms. The largest absolute Gasteiger partial charge is 0.397 e. The summed E-state index contributed by atoms with van der Waals surface area (Å²) in [6, 6.07) is 9.68. The van der Waals surface area contributed by atoms with E-state index in [0.29, 0.717) is 11.4 Å². The normalized spacial score (nSPS) is 10.2. The number of aromatic nitrogens is 1. The summed E-state index contributed by atoms with van der Waals surface area (Å²) < 4.78 is 0. The number of nitrogens with one attached hydrogen (secondary N) is 1. The standard InChI is InChI=1S/C15H17N3OS/c1-2-11-4-3-5-12(8-11)18-15(19)10-20-14-6-7-17-9-13(14)16/h3-9H,2,10,16H2,1H3,(H,18,19). The maximum atomic E-state index is 11.9. The topological polar surface area (TPSA) is 68.0 Å². The van der Waals surface area contributed by atoms with Gasteiger partial charge in [0.25, 0.3) is 0 Å². The van der Waals surface area contributed by atoms with Crippen molar-refractivity contribution in [3.05, 3.63) is 48.3 Å². The Morgan fingerprint density at radius 1 is 1.40 bits per heavy atom. The van der Waals surface area contributed by atoms with E-state index >= 15 is 0 Å². The molecule has 0 aliphatic rings. The van der Waals surface area contributed by atoms with Gasteiger partial charge in [0.05, 0.1) is 17.6 Å². The highest BCUT2D eigenvalue weighted by Crippen LogP contribution is 2.23. The average Bonchev–Trinajstić information content (AvgIpc) is 2.46. The van der Waals surface area contributed by atoms with Gasteiger partial charge in [-0.05, 0) is 30.2 Å². The van der Waals surface area contributed by atoms with Crippen LogP contribution in [-0.2, 0) is 11.2 Å². The van der Waals surface area contributed by atoms with Crippen LogP contribution in [0, 0.1) is 0 Å². The molecule has 0 saturated carbocycles. The molecule has 1 heterocycles. The van der Waals surface area contributed by atoms with Gasteiger partial charge in [0.15, 0.2) is 0 Å². The number of hydrogen-bond acceptors (Lipinski definition) is 4. The number of nitrogens with two attached hydrogens (primary N) is 1. The van der Waals surface area contributed by atoms with Crippen molar-refractivity contribution < 1.29 is 4.79 Å². The first-order valence-electron chi connectivity index (χ1n) is 6.40. The lowest BCUT2D eigenvalue weighted by molar-refractivity contribution is -0.113. The Labute approximate surface area is 122 Å². The summed E-state index contributed by atoms with van der Waals surface area (Å²) in [5.41, 5.74) is 8.41. The predicted molar refractivity (Wildman–Crippen MR) is 83.8 cm³/mol. The molecule has 0 aliphatic carbocycles. The van der Waals surface area contributed by atoms with Gasteiger partial charge < -0.3 is 11.1 Å². The van der Waals surface area contributed by atoms with E-state index in [1.54, 1.807) is 12.4 Å². The Balaban J connectivity index is 1.91. The number of hydrogen-bond donors (Lipinski definition) is 2. The first-order chi connectivity index (χ1) is 9.69. The van der Waals surface area contributed by atoms with Gasteiger partial charge in [-0.15, -0.1) is 11.8 Å². The number of nitrogen functional groups attached to an aromatic ring is 1. The summed E-state index contributed by atoms with van der Waals surface area (Å²) >= 11 is 1.41. The number of nitrogens with zero attached hydrogens (tertiary/aromatic N) is 1. The average molecular weight is 287 g/mol. The molecule has 1 aromatic heterocycles. The van der Waals surface area contributed by atoms with E-state index in [1.807, 2.05) is 30.3 Å². The Hall–Kier alpha value is -2.01. The van der Waals surface area contributed by atoms with Gasteiger partial charge in [-0.25, -0.2) is 0 Å². The van der Waals surface area contributed by atoms with Gasteiger partial charge in [0.1, 0.15) is 0 Å². The Morgan fingerprint density at radius 3 is 3.00 bits per heavy atom. The van der Waals surface area contributed by atoms with Crippen molar-refractivity contribution in [1.82, 2.24) is 4.98 Å². The highest BCUT2D eigenvalue weighted by molar-refractivity contribution is 8.00. The van der Waals surface area contributed by atoms with Crippen molar-refractivity contribution in [1.29, 1.82) is 0 Å². The first-order valence-corrected chi connectivity index (χ1v) is 7.38. The second-order valence-corrected chi connectivity index (χ2v) is 5.32. The molecule has 0 fully saturated rings. The van der Waals surface area contributed by atoms with E-state index < -0.39 is 0 Å². The van der Waals surface area contributed by atoms with Crippen molar-refractivity contribution >= 4 is 29.0 Å². The molecule has 1 aromatic carbocycles. The number of thioether (sulfide) groups is 1. The van der Waals surface area contributed by atoms with Gasteiger partial charge in [-0.1, -0.05) is 19.1 Å². The number of amides is 1. The van der Waals surface area contributed by atoms with Crippen molar-refractivity contribution in [2.45, 2.75) is 18.2 Å². The van der Waals surface area contributed by atoms with Crippen LogP contribution in [0.25, 0.3) is 0 Å². The zero-order valence-electron chi connectivity index (χ0n) is 11.3. The van der Waals surface area contributed by atoms with E-state index in [4.69, 9.17) is 5.73 Å². The van der Waals surface area contributed by atoms with E-state index in [1.165, 1.54) is 17.3 Å². The van der Waals surface area contributed by atoms with E-state index in [9.17, 15) is 4.79 Å². The predicted octanol–water partition coefficient (Wildman–Crippen LogP) is 2.96. The Kier molecular flexibility index (Phi) is 5.01. The summed E-state index contributed by atoms with van der Waals surface area (Å²) in [7, 11) is 0. The van der Waals surface area contributed by atoms with Crippen LogP contribution >= 0.6 is 11.8 Å². The molecule has 2 rings (SSSR count). The van der Waals surface area contributed by atoms with Crippen LogP contribution in [0.15, 0.2) is 47.6 Å². The molecular weight excluding hydrogens is 270 g/mol. The first kappa shape index (κ1) is 14.4. The van der Waals surface area contributed by atoms with Crippen LogP contribution < -0.4 is 11.1 Å². The highest BCUT2D eigenvalue weighted by atomic mass is 32.2. The van der Waals surface area contributed by atoms with Crippen LogP contribution in [0.2, 0.25) is 0 Å². The molecular formula is C15H17N3OS. The van der Waals surface area contributed by atoms with Crippen LogP contribution in [0.1, 0.15) is 12.5 Å². The SMILES string of the molecule is CCc1cccc(NC(=O)CSc2ccncc2N)c1. The molecule has 1 amide bonds.